The van der Waals surface area contributed by atoms with Gasteiger partial charge in [-0.15, -0.1) is 0 Å². The van der Waals surface area contributed by atoms with E-state index in [9.17, 15) is 13.2 Å². The number of carbonyl (C=O) groups excluding carboxylic acids is 1. The molecule has 2 rings (SSSR count). The third-order valence-electron chi connectivity index (χ3n) is 4.37. The van der Waals surface area contributed by atoms with E-state index in [0.29, 0.717) is 11.5 Å². The summed E-state index contributed by atoms with van der Waals surface area (Å²) in [5.41, 5.74) is 1.16. The van der Waals surface area contributed by atoms with E-state index in [1.165, 1.54) is 27.2 Å². The lowest BCUT2D eigenvalue weighted by molar-refractivity contribution is -0.122. The summed E-state index contributed by atoms with van der Waals surface area (Å²) < 4.78 is 36.7. The third-order valence-corrected chi connectivity index (χ3v) is 5.60. The fraction of sp³-hybridized carbons (Fsp3) is 0.350. The maximum absolute atomic E-state index is 12.9. The number of amides is 1. The maximum Gasteiger partial charge on any atom is 0.244 e. The molecular formula is C20H26N2O5S. The van der Waals surface area contributed by atoms with Crippen molar-refractivity contribution in [2.75, 3.05) is 24.8 Å². The number of carbonyl (C=O) groups is 1. The van der Waals surface area contributed by atoms with Crippen molar-refractivity contribution >= 4 is 21.6 Å². The van der Waals surface area contributed by atoms with E-state index in [2.05, 4.69) is 5.32 Å². The van der Waals surface area contributed by atoms with Crippen molar-refractivity contribution in [3.8, 4) is 11.5 Å². The highest BCUT2D eigenvalue weighted by atomic mass is 32.2. The number of nitrogens with one attached hydrogen (secondary N) is 1. The summed E-state index contributed by atoms with van der Waals surface area (Å²) in [5, 5.41) is 2.87. The summed E-state index contributed by atoms with van der Waals surface area (Å²) in [5.74, 6) is 0.350. The number of ether oxygens (including phenoxy) is 2. The van der Waals surface area contributed by atoms with Crippen molar-refractivity contribution < 1.29 is 22.7 Å². The van der Waals surface area contributed by atoms with Crippen LogP contribution in [0, 0.1) is 0 Å². The molecule has 28 heavy (non-hydrogen) atoms. The molecule has 0 aromatic heterocycles. The van der Waals surface area contributed by atoms with Crippen LogP contribution >= 0.6 is 0 Å². The molecule has 0 bridgehead atoms. The van der Waals surface area contributed by atoms with Crippen molar-refractivity contribution in [3.63, 3.8) is 0 Å². The number of hydrogen-bond donors (Lipinski definition) is 1. The normalized spacial score (nSPS) is 13.3. The van der Waals surface area contributed by atoms with E-state index in [4.69, 9.17) is 9.47 Å². The van der Waals surface area contributed by atoms with Gasteiger partial charge in [0.05, 0.1) is 32.2 Å². The standard InChI is InChI=1S/C20H26N2O5S/c1-14(16-9-7-6-8-10-16)21-20(23)15(2)22(28(5,24)25)18-13-17(26-3)11-12-19(18)27-4/h6-15H,1-5H3,(H,21,23)/t14-,15+/m0/s1. The molecule has 0 saturated carbocycles. The number of hydrogen-bond acceptors (Lipinski definition) is 5. The molecule has 1 N–H and O–H groups in total. The Morgan fingerprint density at radius 2 is 1.68 bits per heavy atom. The van der Waals surface area contributed by atoms with Gasteiger partial charge in [-0.25, -0.2) is 8.42 Å². The van der Waals surface area contributed by atoms with Crippen LogP contribution in [0.15, 0.2) is 48.5 Å². The SMILES string of the molecule is COc1ccc(OC)c(N([C@H](C)C(=O)N[C@@H](C)c2ccccc2)S(C)(=O)=O)c1. The first-order valence-corrected chi connectivity index (χ1v) is 10.6. The second-order valence-corrected chi connectivity index (χ2v) is 8.27. The fourth-order valence-electron chi connectivity index (χ4n) is 2.91. The first kappa shape index (κ1) is 21.6. The van der Waals surface area contributed by atoms with Crippen LogP contribution in [0.4, 0.5) is 5.69 Å². The van der Waals surface area contributed by atoms with Gasteiger partial charge in [0.1, 0.15) is 17.5 Å². The molecule has 2 aromatic rings. The molecule has 0 spiro atoms. The second-order valence-electron chi connectivity index (χ2n) is 6.41. The lowest BCUT2D eigenvalue weighted by Gasteiger charge is -2.30. The van der Waals surface area contributed by atoms with Crippen LogP contribution in [0.25, 0.3) is 0 Å². The number of sulfonamides is 1. The lowest BCUT2D eigenvalue weighted by atomic mass is 10.1. The maximum atomic E-state index is 12.9. The van der Waals surface area contributed by atoms with Gasteiger partial charge in [-0.05, 0) is 31.5 Å². The molecule has 1 amide bonds. The predicted octanol–water partition coefficient (Wildman–Crippen LogP) is 2.74. The predicted molar refractivity (Wildman–Crippen MR) is 109 cm³/mol. The summed E-state index contributed by atoms with van der Waals surface area (Å²) >= 11 is 0. The minimum Gasteiger partial charge on any atom is -0.497 e. The number of benzene rings is 2. The lowest BCUT2D eigenvalue weighted by Crippen LogP contribution is -2.48. The fourth-order valence-corrected chi connectivity index (χ4v) is 4.08. The summed E-state index contributed by atoms with van der Waals surface area (Å²) in [6.07, 6.45) is 1.05. The molecule has 0 aliphatic heterocycles. The van der Waals surface area contributed by atoms with Crippen LogP contribution in [0.2, 0.25) is 0 Å². The van der Waals surface area contributed by atoms with E-state index >= 15 is 0 Å². The van der Waals surface area contributed by atoms with Gasteiger partial charge < -0.3 is 14.8 Å². The second kappa shape index (κ2) is 8.97. The van der Waals surface area contributed by atoms with E-state index < -0.39 is 22.0 Å². The highest BCUT2D eigenvalue weighted by Gasteiger charge is 2.32. The van der Waals surface area contributed by atoms with Gasteiger partial charge in [0.25, 0.3) is 0 Å². The Hall–Kier alpha value is -2.74. The molecule has 0 aliphatic carbocycles. The smallest absolute Gasteiger partial charge is 0.244 e. The average Bonchev–Trinajstić information content (AvgIpc) is 2.67. The molecule has 0 saturated heterocycles. The summed E-state index contributed by atoms with van der Waals surface area (Å²) in [4.78, 5) is 12.9. The van der Waals surface area contributed by atoms with Gasteiger partial charge in [-0.3, -0.25) is 9.10 Å². The zero-order valence-corrected chi connectivity index (χ0v) is 17.5. The minimum absolute atomic E-state index is 0.236. The zero-order chi connectivity index (χ0) is 20.9. The Balaban J connectivity index is 2.37. The average molecular weight is 407 g/mol. The van der Waals surface area contributed by atoms with Gasteiger partial charge >= 0.3 is 0 Å². The molecule has 8 heteroatoms. The number of anilines is 1. The molecule has 0 fully saturated rings. The minimum atomic E-state index is -3.78. The van der Waals surface area contributed by atoms with Crippen LogP contribution in [0.3, 0.4) is 0 Å². The van der Waals surface area contributed by atoms with Crippen LogP contribution in [-0.4, -0.2) is 40.8 Å². The highest BCUT2D eigenvalue weighted by Crippen LogP contribution is 2.35. The number of methoxy groups -OCH3 is 2. The zero-order valence-electron chi connectivity index (χ0n) is 16.7. The van der Waals surface area contributed by atoms with Crippen molar-refractivity contribution in [2.24, 2.45) is 0 Å². The molecule has 0 unspecified atom stereocenters. The molecule has 7 nitrogen and oxygen atoms in total. The monoisotopic (exact) mass is 406 g/mol. The summed E-state index contributed by atoms with van der Waals surface area (Å²) in [6.45, 7) is 3.38. The Bertz CT molecular complexity index is 915. The van der Waals surface area contributed by atoms with Gasteiger partial charge in [-0.2, -0.15) is 0 Å². The molecule has 0 heterocycles. The van der Waals surface area contributed by atoms with Crippen molar-refractivity contribution in [1.29, 1.82) is 0 Å². The Morgan fingerprint density at radius 3 is 2.21 bits per heavy atom. The van der Waals surface area contributed by atoms with Crippen LogP contribution < -0.4 is 19.1 Å². The summed E-state index contributed by atoms with van der Waals surface area (Å²) in [7, 11) is -0.865. The molecular weight excluding hydrogens is 380 g/mol. The van der Waals surface area contributed by atoms with Gasteiger partial charge in [-0.1, -0.05) is 30.3 Å². The van der Waals surface area contributed by atoms with Crippen LogP contribution in [-0.2, 0) is 14.8 Å². The quantitative estimate of drug-likeness (QED) is 0.729. The third kappa shape index (κ3) is 4.95. The van der Waals surface area contributed by atoms with Crippen molar-refractivity contribution in [1.82, 2.24) is 5.32 Å². The molecule has 0 radical (unpaired) electrons. The van der Waals surface area contributed by atoms with Crippen molar-refractivity contribution in [2.45, 2.75) is 25.9 Å². The van der Waals surface area contributed by atoms with Crippen LogP contribution in [0.5, 0.6) is 11.5 Å². The number of nitrogens with zero attached hydrogens (tertiary/aromatic N) is 1. The first-order valence-electron chi connectivity index (χ1n) is 8.75. The Morgan fingerprint density at radius 1 is 1.04 bits per heavy atom. The van der Waals surface area contributed by atoms with E-state index in [0.717, 1.165) is 16.1 Å². The molecule has 2 atom stereocenters. The first-order chi connectivity index (χ1) is 13.2. The van der Waals surface area contributed by atoms with Gasteiger partial charge in [0, 0.05) is 6.07 Å². The van der Waals surface area contributed by atoms with Gasteiger partial charge in [0.15, 0.2) is 0 Å². The van der Waals surface area contributed by atoms with E-state index in [1.54, 1.807) is 12.1 Å². The highest BCUT2D eigenvalue weighted by molar-refractivity contribution is 7.92. The molecule has 152 valence electrons. The van der Waals surface area contributed by atoms with E-state index in [1.807, 2.05) is 37.3 Å². The number of rotatable bonds is 8. The Labute approximate surface area is 166 Å². The largest absolute Gasteiger partial charge is 0.497 e. The van der Waals surface area contributed by atoms with Gasteiger partial charge in [0.2, 0.25) is 15.9 Å². The molecule has 0 aliphatic rings. The van der Waals surface area contributed by atoms with Crippen molar-refractivity contribution in [3.05, 3.63) is 54.1 Å². The summed E-state index contributed by atoms with van der Waals surface area (Å²) in [6, 6.07) is 13.0. The van der Waals surface area contributed by atoms with Crippen LogP contribution in [0.1, 0.15) is 25.5 Å². The van der Waals surface area contributed by atoms with E-state index in [-0.39, 0.29) is 11.7 Å². The Kier molecular flexibility index (Phi) is 6.90. The molecule has 2 aromatic carbocycles. The topological polar surface area (TPSA) is 84.9 Å².